The standard InChI is InChI=1S/C13H21NO2/c1-3-4-5-6-13(16)14-11-8-7-10(2)9-12(11)15/h11H,2-9H2,1H3,(H,14,16). The minimum absolute atomic E-state index is 0.0133. The Morgan fingerprint density at radius 2 is 2.25 bits per heavy atom. The molecule has 0 aliphatic heterocycles. The lowest BCUT2D eigenvalue weighted by Gasteiger charge is -2.23. The molecule has 1 fully saturated rings. The summed E-state index contributed by atoms with van der Waals surface area (Å²) < 4.78 is 0. The van der Waals surface area contributed by atoms with Crippen molar-refractivity contribution in [3.8, 4) is 0 Å². The number of carbonyl (C=O) groups excluding carboxylic acids is 2. The molecule has 0 aromatic carbocycles. The minimum atomic E-state index is -0.264. The molecule has 0 aromatic rings. The Morgan fingerprint density at radius 3 is 2.88 bits per heavy atom. The van der Waals surface area contributed by atoms with Gasteiger partial charge in [0, 0.05) is 12.8 Å². The SMILES string of the molecule is C=C1CCC(NC(=O)CCCCC)C(=O)C1. The Balaban J connectivity index is 2.28. The van der Waals surface area contributed by atoms with Crippen LogP contribution >= 0.6 is 0 Å². The fourth-order valence-electron chi connectivity index (χ4n) is 1.92. The summed E-state index contributed by atoms with van der Waals surface area (Å²) in [4.78, 5) is 23.1. The fourth-order valence-corrected chi connectivity index (χ4v) is 1.92. The van der Waals surface area contributed by atoms with E-state index in [9.17, 15) is 9.59 Å². The summed E-state index contributed by atoms with van der Waals surface area (Å²) in [5.41, 5.74) is 0.987. The molecule has 3 nitrogen and oxygen atoms in total. The van der Waals surface area contributed by atoms with Gasteiger partial charge in [-0.25, -0.2) is 0 Å². The summed E-state index contributed by atoms with van der Waals surface area (Å²) in [6, 6.07) is -0.264. The number of carbonyl (C=O) groups is 2. The number of nitrogens with one attached hydrogen (secondary N) is 1. The number of ketones is 1. The van der Waals surface area contributed by atoms with Crippen molar-refractivity contribution in [3.05, 3.63) is 12.2 Å². The van der Waals surface area contributed by atoms with Crippen LogP contribution in [0.5, 0.6) is 0 Å². The van der Waals surface area contributed by atoms with Crippen molar-refractivity contribution in [1.29, 1.82) is 0 Å². The van der Waals surface area contributed by atoms with Crippen molar-refractivity contribution >= 4 is 11.7 Å². The quantitative estimate of drug-likeness (QED) is 0.574. The molecule has 0 bridgehead atoms. The van der Waals surface area contributed by atoms with Gasteiger partial charge in [0.15, 0.2) is 5.78 Å². The van der Waals surface area contributed by atoms with Crippen LogP contribution in [0, 0.1) is 0 Å². The Labute approximate surface area is 97.3 Å². The van der Waals surface area contributed by atoms with Crippen molar-refractivity contribution in [2.75, 3.05) is 0 Å². The number of hydrogen-bond donors (Lipinski definition) is 1. The molecule has 1 saturated carbocycles. The molecule has 0 heterocycles. The van der Waals surface area contributed by atoms with Gasteiger partial charge in [-0.2, -0.15) is 0 Å². The molecule has 0 radical (unpaired) electrons. The van der Waals surface area contributed by atoms with Crippen molar-refractivity contribution < 1.29 is 9.59 Å². The Bertz CT molecular complexity index is 284. The van der Waals surface area contributed by atoms with Gasteiger partial charge in [0.2, 0.25) is 5.91 Å². The smallest absolute Gasteiger partial charge is 0.220 e. The average Bonchev–Trinajstić information content (AvgIpc) is 2.23. The molecule has 1 N–H and O–H groups in total. The first-order valence-electron chi connectivity index (χ1n) is 6.12. The molecule has 1 aliphatic carbocycles. The predicted octanol–water partition coefficient (Wildman–Crippen LogP) is 2.36. The monoisotopic (exact) mass is 223 g/mol. The maximum absolute atomic E-state index is 11.6. The zero-order valence-corrected chi connectivity index (χ0v) is 10.1. The maximum atomic E-state index is 11.6. The highest BCUT2D eigenvalue weighted by atomic mass is 16.2. The van der Waals surface area contributed by atoms with Gasteiger partial charge in [0.05, 0.1) is 6.04 Å². The Hall–Kier alpha value is -1.12. The second-order valence-corrected chi connectivity index (χ2v) is 4.51. The molecule has 1 atom stereocenters. The number of unbranched alkanes of at least 4 members (excludes halogenated alkanes) is 2. The lowest BCUT2D eigenvalue weighted by Crippen LogP contribution is -2.42. The van der Waals surface area contributed by atoms with E-state index in [0.717, 1.165) is 37.7 Å². The summed E-state index contributed by atoms with van der Waals surface area (Å²) in [5, 5.41) is 2.82. The second-order valence-electron chi connectivity index (χ2n) is 4.51. The van der Waals surface area contributed by atoms with Gasteiger partial charge in [-0.15, -0.1) is 0 Å². The topological polar surface area (TPSA) is 46.2 Å². The number of allylic oxidation sites excluding steroid dienone is 1. The minimum Gasteiger partial charge on any atom is -0.346 e. The fraction of sp³-hybridized carbons (Fsp3) is 0.692. The van der Waals surface area contributed by atoms with Crippen LogP contribution in [0.4, 0.5) is 0 Å². The van der Waals surface area contributed by atoms with Gasteiger partial charge in [-0.1, -0.05) is 31.9 Å². The second kappa shape index (κ2) is 6.46. The first-order valence-corrected chi connectivity index (χ1v) is 6.12. The van der Waals surface area contributed by atoms with Crippen molar-refractivity contribution in [2.45, 2.75) is 57.9 Å². The number of amides is 1. The third-order valence-corrected chi connectivity index (χ3v) is 2.94. The van der Waals surface area contributed by atoms with E-state index in [1.807, 2.05) is 0 Å². The summed E-state index contributed by atoms with van der Waals surface area (Å²) in [7, 11) is 0. The van der Waals surface area contributed by atoms with E-state index in [1.165, 1.54) is 0 Å². The van der Waals surface area contributed by atoms with Crippen LogP contribution in [-0.4, -0.2) is 17.7 Å². The maximum Gasteiger partial charge on any atom is 0.220 e. The number of rotatable bonds is 5. The van der Waals surface area contributed by atoms with E-state index in [-0.39, 0.29) is 17.7 Å². The molecule has 0 aromatic heterocycles. The zero-order valence-electron chi connectivity index (χ0n) is 10.1. The lowest BCUT2D eigenvalue weighted by atomic mass is 9.90. The van der Waals surface area contributed by atoms with Gasteiger partial charge in [-0.05, 0) is 19.3 Å². The first kappa shape index (κ1) is 12.9. The average molecular weight is 223 g/mol. The van der Waals surface area contributed by atoms with Gasteiger partial charge >= 0.3 is 0 Å². The van der Waals surface area contributed by atoms with E-state index >= 15 is 0 Å². The van der Waals surface area contributed by atoms with Crippen LogP contribution < -0.4 is 5.32 Å². The summed E-state index contributed by atoms with van der Waals surface area (Å²) >= 11 is 0. The van der Waals surface area contributed by atoms with Crippen LogP contribution in [0.3, 0.4) is 0 Å². The van der Waals surface area contributed by atoms with Crippen LogP contribution in [0.2, 0.25) is 0 Å². The Kier molecular flexibility index (Phi) is 5.23. The zero-order chi connectivity index (χ0) is 12.0. The van der Waals surface area contributed by atoms with Crippen LogP contribution in [0.25, 0.3) is 0 Å². The summed E-state index contributed by atoms with van der Waals surface area (Å²) in [6.45, 7) is 5.91. The van der Waals surface area contributed by atoms with Gasteiger partial charge < -0.3 is 5.32 Å². The largest absolute Gasteiger partial charge is 0.346 e. The van der Waals surface area contributed by atoms with E-state index < -0.39 is 0 Å². The normalized spacial score (nSPS) is 20.9. The lowest BCUT2D eigenvalue weighted by molar-refractivity contribution is -0.128. The highest BCUT2D eigenvalue weighted by molar-refractivity contribution is 5.91. The summed E-state index contributed by atoms with van der Waals surface area (Å²) in [5.74, 6) is 0.124. The van der Waals surface area contributed by atoms with Crippen LogP contribution in [0.15, 0.2) is 12.2 Å². The van der Waals surface area contributed by atoms with E-state index in [0.29, 0.717) is 12.8 Å². The molecule has 3 heteroatoms. The number of hydrogen-bond acceptors (Lipinski definition) is 2. The van der Waals surface area contributed by atoms with Crippen LogP contribution in [0.1, 0.15) is 51.9 Å². The third kappa shape index (κ3) is 4.17. The highest BCUT2D eigenvalue weighted by Crippen LogP contribution is 2.19. The molecular weight excluding hydrogens is 202 g/mol. The predicted molar refractivity (Wildman–Crippen MR) is 64.1 cm³/mol. The molecular formula is C13H21NO2. The van der Waals surface area contributed by atoms with Crippen molar-refractivity contribution in [1.82, 2.24) is 5.32 Å². The van der Waals surface area contributed by atoms with Gasteiger partial charge in [0.25, 0.3) is 0 Å². The van der Waals surface area contributed by atoms with Gasteiger partial charge in [0.1, 0.15) is 0 Å². The summed E-state index contributed by atoms with van der Waals surface area (Å²) in [6.07, 6.45) is 5.63. The molecule has 1 unspecified atom stereocenters. The Morgan fingerprint density at radius 1 is 1.50 bits per heavy atom. The van der Waals surface area contributed by atoms with E-state index in [1.54, 1.807) is 0 Å². The molecule has 1 aliphatic rings. The van der Waals surface area contributed by atoms with E-state index in [4.69, 9.17) is 0 Å². The van der Waals surface area contributed by atoms with Crippen LogP contribution in [-0.2, 0) is 9.59 Å². The highest BCUT2D eigenvalue weighted by Gasteiger charge is 2.25. The molecule has 0 saturated heterocycles. The third-order valence-electron chi connectivity index (χ3n) is 2.94. The molecule has 0 spiro atoms. The number of Topliss-reactive ketones (excluding diaryl/α,β-unsaturated/α-hetero) is 1. The molecule has 1 rings (SSSR count). The van der Waals surface area contributed by atoms with E-state index in [2.05, 4.69) is 18.8 Å². The van der Waals surface area contributed by atoms with Crippen molar-refractivity contribution in [2.24, 2.45) is 0 Å². The molecule has 1 amide bonds. The molecule has 90 valence electrons. The van der Waals surface area contributed by atoms with Crippen molar-refractivity contribution in [3.63, 3.8) is 0 Å². The van der Waals surface area contributed by atoms with Gasteiger partial charge in [-0.3, -0.25) is 9.59 Å². The molecule has 16 heavy (non-hydrogen) atoms. The first-order chi connectivity index (χ1) is 7.63.